The van der Waals surface area contributed by atoms with E-state index < -0.39 is 0 Å². The highest BCUT2D eigenvalue weighted by Crippen LogP contribution is 2.28. The van der Waals surface area contributed by atoms with Crippen LogP contribution in [-0.4, -0.2) is 48.1 Å². The second kappa shape index (κ2) is 9.65. The quantitative estimate of drug-likeness (QED) is 0.390. The summed E-state index contributed by atoms with van der Waals surface area (Å²) in [6, 6.07) is 13.9. The highest BCUT2D eigenvalue weighted by atomic mass is 35.5. The van der Waals surface area contributed by atoms with Crippen molar-refractivity contribution in [3.05, 3.63) is 64.7 Å². The largest absolute Gasteiger partial charge is 0.455 e. The Morgan fingerprint density at radius 3 is 2.64 bits per heavy atom. The first-order valence-electron chi connectivity index (χ1n) is 11.2. The average Bonchev–Trinajstić information content (AvgIpc) is 3.50. The molecule has 1 aliphatic carbocycles. The van der Waals surface area contributed by atoms with Gasteiger partial charge in [-0.1, -0.05) is 35.5 Å². The molecule has 172 valence electrons. The summed E-state index contributed by atoms with van der Waals surface area (Å²) in [4.78, 5) is 26.1. The third-order valence-corrected chi connectivity index (χ3v) is 6.95. The normalized spacial score (nSPS) is 16.2. The van der Waals surface area contributed by atoms with Crippen LogP contribution in [0, 0.1) is 6.92 Å². The Labute approximate surface area is 202 Å². The summed E-state index contributed by atoms with van der Waals surface area (Å²) in [6.45, 7) is 5.48. The number of para-hydroxylation sites is 1. The Morgan fingerprint density at radius 2 is 1.88 bits per heavy atom. The third-order valence-electron chi connectivity index (χ3n) is 5.76. The molecular weight excluding hydrogens is 458 g/mol. The lowest BCUT2D eigenvalue weighted by molar-refractivity contribution is 0.0922. The number of carbonyl (C=O) groups is 1. The summed E-state index contributed by atoms with van der Waals surface area (Å²) in [7, 11) is 0. The van der Waals surface area contributed by atoms with Gasteiger partial charge in [0.05, 0.1) is 16.5 Å². The number of carbonyl (C=O) groups excluding carboxylic acids is 1. The predicted octanol–water partition coefficient (Wildman–Crippen LogP) is 4.54. The first kappa shape index (κ1) is 22.1. The van der Waals surface area contributed by atoms with Crippen LogP contribution in [0.25, 0.3) is 0 Å². The van der Waals surface area contributed by atoms with Crippen molar-refractivity contribution in [2.75, 3.05) is 36.0 Å². The highest BCUT2D eigenvalue weighted by Gasteiger charge is 2.25. The van der Waals surface area contributed by atoms with Crippen molar-refractivity contribution < 1.29 is 9.21 Å². The van der Waals surface area contributed by atoms with Crippen molar-refractivity contribution in [1.82, 2.24) is 15.3 Å². The van der Waals surface area contributed by atoms with Crippen LogP contribution in [0.4, 0.5) is 11.5 Å². The molecule has 2 fully saturated rings. The van der Waals surface area contributed by atoms with Gasteiger partial charge < -0.3 is 19.5 Å². The molecule has 1 aromatic carbocycles. The molecule has 9 heteroatoms. The molecule has 3 heterocycles. The number of aromatic nitrogens is 2. The van der Waals surface area contributed by atoms with E-state index in [0.717, 1.165) is 67.0 Å². The van der Waals surface area contributed by atoms with Gasteiger partial charge in [-0.25, -0.2) is 9.97 Å². The molecule has 1 saturated carbocycles. The average molecular weight is 484 g/mol. The number of nitrogens with zero attached hydrogens (tertiary/aromatic N) is 4. The van der Waals surface area contributed by atoms with Crippen LogP contribution in [0.15, 0.2) is 52.0 Å². The number of halogens is 1. The van der Waals surface area contributed by atoms with Crippen LogP contribution in [0.5, 0.6) is 0 Å². The summed E-state index contributed by atoms with van der Waals surface area (Å²) in [5.41, 5.74) is 2.01. The van der Waals surface area contributed by atoms with Crippen molar-refractivity contribution in [2.45, 2.75) is 36.7 Å². The number of aryl methyl sites for hydroxylation is 1. The van der Waals surface area contributed by atoms with Gasteiger partial charge in [0, 0.05) is 44.0 Å². The molecule has 0 atom stereocenters. The molecule has 1 amide bonds. The van der Waals surface area contributed by atoms with Crippen LogP contribution < -0.4 is 15.1 Å². The summed E-state index contributed by atoms with van der Waals surface area (Å²) in [5.74, 6) is 2.46. The SMILES string of the molecule is Cc1cc(N2CCN(c3ccccc3Cl)CC2)nc(SCc2ccc(C(=O)NC3CC3)o2)n1. The lowest BCUT2D eigenvalue weighted by Gasteiger charge is -2.37. The fourth-order valence-electron chi connectivity index (χ4n) is 3.83. The minimum Gasteiger partial charge on any atom is -0.455 e. The molecule has 0 bridgehead atoms. The number of hydrogen-bond acceptors (Lipinski definition) is 7. The van der Waals surface area contributed by atoms with E-state index in [9.17, 15) is 4.79 Å². The zero-order chi connectivity index (χ0) is 22.8. The number of rotatable bonds is 7. The maximum Gasteiger partial charge on any atom is 0.287 e. The van der Waals surface area contributed by atoms with Gasteiger partial charge in [0.2, 0.25) is 0 Å². The number of furan rings is 1. The molecule has 1 N–H and O–H groups in total. The molecule has 1 aliphatic heterocycles. The van der Waals surface area contributed by atoms with Gasteiger partial charge in [-0.3, -0.25) is 4.79 Å². The van der Waals surface area contributed by atoms with Crippen molar-refractivity contribution in [1.29, 1.82) is 0 Å². The zero-order valence-electron chi connectivity index (χ0n) is 18.5. The molecule has 5 rings (SSSR count). The minimum absolute atomic E-state index is 0.140. The Balaban J connectivity index is 1.19. The second-order valence-corrected chi connectivity index (χ2v) is 9.73. The van der Waals surface area contributed by atoms with Gasteiger partial charge in [0.25, 0.3) is 5.91 Å². The van der Waals surface area contributed by atoms with Crippen LogP contribution in [0.2, 0.25) is 5.02 Å². The van der Waals surface area contributed by atoms with Gasteiger partial charge in [-0.2, -0.15) is 0 Å². The van der Waals surface area contributed by atoms with E-state index in [4.69, 9.17) is 21.0 Å². The van der Waals surface area contributed by atoms with Crippen LogP contribution in [0.3, 0.4) is 0 Å². The number of nitrogens with one attached hydrogen (secondary N) is 1. The Morgan fingerprint density at radius 1 is 1.12 bits per heavy atom. The monoisotopic (exact) mass is 483 g/mol. The number of amides is 1. The molecular formula is C24H26ClN5O2S. The lowest BCUT2D eigenvalue weighted by Crippen LogP contribution is -2.47. The van der Waals surface area contributed by atoms with Crippen molar-refractivity contribution in [3.63, 3.8) is 0 Å². The number of anilines is 2. The van der Waals surface area contributed by atoms with Crippen molar-refractivity contribution >= 4 is 40.8 Å². The highest BCUT2D eigenvalue weighted by molar-refractivity contribution is 7.98. The molecule has 0 unspecified atom stereocenters. The molecule has 2 aliphatic rings. The van der Waals surface area contributed by atoms with E-state index in [1.807, 2.05) is 37.3 Å². The smallest absolute Gasteiger partial charge is 0.287 e. The fraction of sp³-hybridized carbons (Fsp3) is 0.375. The number of piperazine rings is 1. The lowest BCUT2D eigenvalue weighted by atomic mass is 10.2. The van der Waals surface area contributed by atoms with Gasteiger partial charge >= 0.3 is 0 Å². The maximum atomic E-state index is 12.1. The van der Waals surface area contributed by atoms with Gasteiger partial charge in [-0.15, -0.1) is 0 Å². The van der Waals surface area contributed by atoms with Crippen molar-refractivity contribution in [3.8, 4) is 0 Å². The minimum atomic E-state index is -0.140. The number of hydrogen-bond donors (Lipinski definition) is 1. The van der Waals surface area contributed by atoms with E-state index in [2.05, 4.69) is 26.2 Å². The summed E-state index contributed by atoms with van der Waals surface area (Å²) >= 11 is 7.89. The fourth-order valence-corrected chi connectivity index (χ4v) is 4.88. The third kappa shape index (κ3) is 5.45. The van der Waals surface area contributed by atoms with E-state index in [-0.39, 0.29) is 5.91 Å². The number of benzene rings is 1. The molecule has 7 nitrogen and oxygen atoms in total. The van der Waals surface area contributed by atoms with E-state index in [1.165, 1.54) is 11.8 Å². The molecule has 3 aromatic rings. The van der Waals surface area contributed by atoms with Gasteiger partial charge in [-0.05, 0) is 44.0 Å². The first-order valence-corrected chi connectivity index (χ1v) is 12.5. The first-order chi connectivity index (χ1) is 16.0. The van der Waals surface area contributed by atoms with E-state index >= 15 is 0 Å². The standard InChI is InChI=1S/C24H26ClN5O2S/c1-16-14-22(30-12-10-29(11-13-30)20-5-3-2-4-19(20)25)28-24(26-16)33-15-18-8-9-21(32-18)23(31)27-17-6-7-17/h2-5,8-9,14,17H,6-7,10-13,15H2,1H3,(H,27,31). The Bertz CT molecular complexity index is 1140. The van der Waals surface area contributed by atoms with Crippen LogP contribution >= 0.6 is 23.4 Å². The zero-order valence-corrected chi connectivity index (χ0v) is 20.0. The van der Waals surface area contributed by atoms with Crippen LogP contribution in [-0.2, 0) is 5.75 Å². The van der Waals surface area contributed by atoms with Crippen molar-refractivity contribution in [2.24, 2.45) is 0 Å². The summed E-state index contributed by atoms with van der Waals surface area (Å²) < 4.78 is 5.72. The predicted molar refractivity (Wildman–Crippen MR) is 131 cm³/mol. The Hall–Kier alpha value is -2.71. The molecule has 2 aromatic heterocycles. The summed E-state index contributed by atoms with van der Waals surface area (Å²) in [5, 5.41) is 4.44. The Kier molecular flexibility index (Phi) is 6.46. The second-order valence-electron chi connectivity index (χ2n) is 8.38. The van der Waals surface area contributed by atoms with E-state index in [1.54, 1.807) is 6.07 Å². The molecule has 33 heavy (non-hydrogen) atoms. The molecule has 1 saturated heterocycles. The molecule has 0 radical (unpaired) electrons. The maximum absolute atomic E-state index is 12.1. The summed E-state index contributed by atoms with van der Waals surface area (Å²) in [6.07, 6.45) is 2.11. The number of thioether (sulfide) groups is 1. The topological polar surface area (TPSA) is 74.5 Å². The van der Waals surface area contributed by atoms with Gasteiger partial charge in [0.15, 0.2) is 10.9 Å². The van der Waals surface area contributed by atoms with E-state index in [0.29, 0.717) is 22.7 Å². The van der Waals surface area contributed by atoms with Crippen LogP contribution in [0.1, 0.15) is 34.9 Å². The van der Waals surface area contributed by atoms with Gasteiger partial charge in [0.1, 0.15) is 11.6 Å². The molecule has 0 spiro atoms.